The molecule has 0 saturated carbocycles. The zero-order valence-corrected chi connectivity index (χ0v) is 11.6. The third-order valence-corrected chi connectivity index (χ3v) is 3.85. The highest BCUT2D eigenvalue weighted by Gasteiger charge is 2.03. The van der Waals surface area contributed by atoms with Crippen molar-refractivity contribution < 1.29 is 9.90 Å². The maximum Gasteiger partial charge on any atom is 0.307 e. The van der Waals surface area contributed by atoms with Gasteiger partial charge in [-0.05, 0) is 24.6 Å². The fraction of sp³-hybridized carbons (Fsp3) is 0.286. The number of rotatable bonds is 6. The van der Waals surface area contributed by atoms with Gasteiger partial charge in [0.15, 0.2) is 0 Å². The molecule has 1 heterocycles. The highest BCUT2D eigenvalue weighted by Crippen LogP contribution is 2.23. The summed E-state index contributed by atoms with van der Waals surface area (Å²) in [6.07, 6.45) is 3.80. The van der Waals surface area contributed by atoms with E-state index >= 15 is 0 Å². The molecule has 0 aliphatic rings. The van der Waals surface area contributed by atoms with E-state index in [1.165, 1.54) is 5.69 Å². The predicted octanol–water partition coefficient (Wildman–Crippen LogP) is 2.82. The lowest BCUT2D eigenvalue weighted by Gasteiger charge is -2.05. The summed E-state index contributed by atoms with van der Waals surface area (Å²) in [5.41, 5.74) is 2.03. The molecule has 0 amide bonds. The van der Waals surface area contributed by atoms with Crippen LogP contribution >= 0.6 is 11.8 Å². The molecule has 4 nitrogen and oxygen atoms in total. The third kappa shape index (κ3) is 3.86. The van der Waals surface area contributed by atoms with Crippen LogP contribution < -0.4 is 0 Å². The number of aryl methyl sites for hydroxylation is 1. The molecule has 0 fully saturated rings. The van der Waals surface area contributed by atoms with Crippen LogP contribution in [0.25, 0.3) is 0 Å². The van der Waals surface area contributed by atoms with E-state index in [1.54, 1.807) is 11.8 Å². The maximum absolute atomic E-state index is 10.6. The number of carbonyl (C=O) groups is 1. The van der Waals surface area contributed by atoms with E-state index in [-0.39, 0.29) is 6.42 Å². The second-order valence-electron chi connectivity index (χ2n) is 4.17. The van der Waals surface area contributed by atoms with E-state index in [0.29, 0.717) is 0 Å². The molecule has 0 aliphatic carbocycles. The van der Waals surface area contributed by atoms with Gasteiger partial charge >= 0.3 is 5.97 Å². The number of aliphatic carboxylic acids is 1. The second-order valence-corrected chi connectivity index (χ2v) is 5.22. The molecule has 1 aromatic carbocycles. The first kappa shape index (κ1) is 13.7. The maximum atomic E-state index is 10.6. The summed E-state index contributed by atoms with van der Waals surface area (Å²) in [5.74, 6) is 0.0683. The molecule has 100 valence electrons. The number of thioether (sulfide) groups is 1. The highest BCUT2D eigenvalue weighted by atomic mass is 32.2. The van der Waals surface area contributed by atoms with Gasteiger partial charge < -0.3 is 9.67 Å². The van der Waals surface area contributed by atoms with Crippen molar-refractivity contribution >= 4 is 17.7 Å². The van der Waals surface area contributed by atoms with Gasteiger partial charge in [-0.3, -0.25) is 4.79 Å². The topological polar surface area (TPSA) is 55.1 Å². The zero-order valence-electron chi connectivity index (χ0n) is 10.7. The smallest absolute Gasteiger partial charge is 0.307 e. The Balaban J connectivity index is 1.94. The first-order chi connectivity index (χ1) is 9.19. The normalized spacial score (nSPS) is 10.6. The van der Waals surface area contributed by atoms with E-state index in [2.05, 4.69) is 16.5 Å². The van der Waals surface area contributed by atoms with Gasteiger partial charge in [0.05, 0.1) is 12.7 Å². The van der Waals surface area contributed by atoms with E-state index in [4.69, 9.17) is 5.11 Å². The average Bonchev–Trinajstić information content (AvgIpc) is 2.84. The van der Waals surface area contributed by atoms with Crippen molar-refractivity contribution in [1.82, 2.24) is 9.55 Å². The van der Waals surface area contributed by atoms with Crippen LogP contribution in [0.1, 0.15) is 18.2 Å². The Hall–Kier alpha value is -1.75. The van der Waals surface area contributed by atoms with Crippen molar-refractivity contribution in [1.29, 1.82) is 0 Å². The molecule has 1 N–H and O–H groups in total. The molecule has 0 bridgehead atoms. The summed E-state index contributed by atoms with van der Waals surface area (Å²) in [7, 11) is 0. The fourth-order valence-corrected chi connectivity index (χ4v) is 2.67. The van der Waals surface area contributed by atoms with Crippen molar-refractivity contribution in [3.05, 3.63) is 48.0 Å². The van der Waals surface area contributed by atoms with Crippen LogP contribution in [0.4, 0.5) is 0 Å². The summed E-state index contributed by atoms with van der Waals surface area (Å²) < 4.78 is 2.12. The second kappa shape index (κ2) is 6.43. The number of carboxylic acid groups (broad SMARTS) is 1. The number of hydrogen-bond donors (Lipinski definition) is 1. The Morgan fingerprint density at radius 1 is 1.37 bits per heavy atom. The zero-order chi connectivity index (χ0) is 13.7. The molecule has 0 unspecified atom stereocenters. The van der Waals surface area contributed by atoms with Crippen LogP contribution in [-0.2, 0) is 23.5 Å². The lowest BCUT2D eigenvalue weighted by molar-refractivity contribution is -0.136. The third-order valence-electron chi connectivity index (χ3n) is 2.80. The number of benzene rings is 1. The molecular weight excluding hydrogens is 260 g/mol. The summed E-state index contributed by atoms with van der Waals surface area (Å²) >= 11 is 1.73. The van der Waals surface area contributed by atoms with Gasteiger partial charge in [0.2, 0.25) is 0 Å². The first-order valence-corrected chi connectivity index (χ1v) is 7.10. The molecular formula is C14H16N2O2S. The quantitative estimate of drug-likeness (QED) is 0.824. The van der Waals surface area contributed by atoms with Crippen LogP contribution in [0, 0.1) is 0 Å². The average molecular weight is 276 g/mol. The molecule has 2 rings (SSSR count). The largest absolute Gasteiger partial charge is 0.481 e. The van der Waals surface area contributed by atoms with E-state index in [1.807, 2.05) is 36.8 Å². The standard InChI is InChI=1S/C14H16N2O2S/c1-2-16-10-15-8-12(16)9-19-13-5-3-11(4-6-13)7-14(17)18/h3-6,8,10H,2,7,9H2,1H3,(H,17,18). The summed E-state index contributed by atoms with van der Waals surface area (Å²) in [4.78, 5) is 15.9. The van der Waals surface area contributed by atoms with Crippen molar-refractivity contribution in [2.45, 2.75) is 30.5 Å². The van der Waals surface area contributed by atoms with E-state index < -0.39 is 5.97 Å². The lowest BCUT2D eigenvalue weighted by atomic mass is 10.2. The van der Waals surface area contributed by atoms with Gasteiger partial charge in [-0.2, -0.15) is 0 Å². The Morgan fingerprint density at radius 2 is 2.11 bits per heavy atom. The summed E-state index contributed by atoms with van der Waals surface area (Å²) in [5, 5.41) is 8.71. The molecule has 19 heavy (non-hydrogen) atoms. The number of nitrogens with zero attached hydrogens (tertiary/aromatic N) is 2. The Bertz CT molecular complexity index is 549. The SMILES string of the molecule is CCn1cncc1CSc1ccc(CC(=O)O)cc1. The molecule has 0 atom stereocenters. The lowest BCUT2D eigenvalue weighted by Crippen LogP contribution is -1.99. The number of aromatic nitrogens is 2. The number of hydrogen-bond acceptors (Lipinski definition) is 3. The molecule has 2 aromatic rings. The highest BCUT2D eigenvalue weighted by molar-refractivity contribution is 7.98. The van der Waals surface area contributed by atoms with Gasteiger partial charge in [0.25, 0.3) is 0 Å². The minimum atomic E-state index is -0.799. The van der Waals surface area contributed by atoms with Crippen LogP contribution in [-0.4, -0.2) is 20.6 Å². The van der Waals surface area contributed by atoms with Crippen molar-refractivity contribution in [3.63, 3.8) is 0 Å². The molecule has 1 aromatic heterocycles. The van der Waals surface area contributed by atoms with Crippen LogP contribution in [0.15, 0.2) is 41.7 Å². The predicted molar refractivity (Wildman–Crippen MR) is 75.2 cm³/mol. The van der Waals surface area contributed by atoms with Crippen LogP contribution in [0.2, 0.25) is 0 Å². The van der Waals surface area contributed by atoms with Crippen LogP contribution in [0.5, 0.6) is 0 Å². The van der Waals surface area contributed by atoms with Gasteiger partial charge in [0, 0.05) is 29.1 Å². The molecule has 0 saturated heterocycles. The molecule has 0 spiro atoms. The van der Waals surface area contributed by atoms with Gasteiger partial charge in [-0.1, -0.05) is 12.1 Å². The number of imidazole rings is 1. The summed E-state index contributed by atoms with van der Waals surface area (Å²) in [6.45, 7) is 3.02. The Morgan fingerprint density at radius 3 is 2.74 bits per heavy atom. The fourth-order valence-electron chi connectivity index (χ4n) is 1.79. The van der Waals surface area contributed by atoms with Gasteiger partial charge in [0.1, 0.15) is 0 Å². The minimum absolute atomic E-state index is 0.0769. The van der Waals surface area contributed by atoms with Gasteiger partial charge in [-0.25, -0.2) is 4.98 Å². The Kier molecular flexibility index (Phi) is 4.63. The van der Waals surface area contributed by atoms with Crippen molar-refractivity contribution in [3.8, 4) is 0 Å². The van der Waals surface area contributed by atoms with Crippen LogP contribution in [0.3, 0.4) is 0 Å². The first-order valence-electron chi connectivity index (χ1n) is 6.11. The van der Waals surface area contributed by atoms with E-state index in [0.717, 1.165) is 22.8 Å². The molecule has 0 radical (unpaired) electrons. The molecule has 5 heteroatoms. The van der Waals surface area contributed by atoms with E-state index in [9.17, 15) is 4.79 Å². The monoisotopic (exact) mass is 276 g/mol. The Labute approximate surface area is 116 Å². The van der Waals surface area contributed by atoms with Crippen molar-refractivity contribution in [2.75, 3.05) is 0 Å². The van der Waals surface area contributed by atoms with Crippen molar-refractivity contribution in [2.24, 2.45) is 0 Å². The molecule has 0 aliphatic heterocycles. The summed E-state index contributed by atoms with van der Waals surface area (Å²) in [6, 6.07) is 7.67. The van der Waals surface area contributed by atoms with Gasteiger partial charge in [-0.15, -0.1) is 11.8 Å². The minimum Gasteiger partial charge on any atom is -0.481 e. The number of carboxylic acids is 1.